The van der Waals surface area contributed by atoms with E-state index >= 15 is 0 Å². The predicted octanol–water partition coefficient (Wildman–Crippen LogP) is 3.17. The van der Waals surface area contributed by atoms with Gasteiger partial charge in [-0.05, 0) is 31.3 Å². The highest BCUT2D eigenvalue weighted by Gasteiger charge is 2.24. The summed E-state index contributed by atoms with van der Waals surface area (Å²) in [6, 6.07) is 13.9. The van der Waals surface area contributed by atoms with Gasteiger partial charge in [0.1, 0.15) is 6.04 Å². The monoisotopic (exact) mass is 294 g/mol. The van der Waals surface area contributed by atoms with Gasteiger partial charge in [0.15, 0.2) is 0 Å². The normalized spacial score (nSPS) is 12.5. The summed E-state index contributed by atoms with van der Waals surface area (Å²) in [4.78, 5) is 10.8. The molecule has 0 fully saturated rings. The van der Waals surface area contributed by atoms with E-state index in [0.717, 1.165) is 17.7 Å². The molecule has 5 heteroatoms. The summed E-state index contributed by atoms with van der Waals surface area (Å²) in [6.07, 6.45) is 3.44. The van der Waals surface area contributed by atoms with Crippen LogP contribution in [0.2, 0.25) is 0 Å². The van der Waals surface area contributed by atoms with Crippen molar-refractivity contribution >= 4 is 0 Å². The molecular weight excluding hydrogens is 276 g/mol. The van der Waals surface area contributed by atoms with Crippen molar-refractivity contribution in [3.63, 3.8) is 0 Å². The summed E-state index contributed by atoms with van der Waals surface area (Å²) < 4.78 is 5.54. The molecule has 1 atom stereocenters. The first-order valence-corrected chi connectivity index (χ1v) is 7.28. The molecule has 0 aliphatic heterocycles. The van der Waals surface area contributed by atoms with Crippen molar-refractivity contribution in [2.24, 2.45) is 0 Å². The second-order valence-electron chi connectivity index (χ2n) is 5.08. The highest BCUT2D eigenvalue weighted by Crippen LogP contribution is 2.27. The second kappa shape index (κ2) is 6.49. The van der Waals surface area contributed by atoms with E-state index in [2.05, 4.69) is 39.1 Å². The summed E-state index contributed by atoms with van der Waals surface area (Å²) in [5.74, 6) is 1.19. The number of nitrogens with zero attached hydrogens (tertiary/aromatic N) is 4. The van der Waals surface area contributed by atoms with E-state index in [4.69, 9.17) is 4.52 Å². The Morgan fingerprint density at radius 2 is 1.82 bits per heavy atom. The van der Waals surface area contributed by atoms with E-state index < -0.39 is 0 Å². The number of aromatic nitrogens is 3. The Balaban J connectivity index is 1.98. The number of pyridine rings is 1. The average molecular weight is 294 g/mol. The molecule has 0 aliphatic carbocycles. The van der Waals surface area contributed by atoms with Gasteiger partial charge in [-0.2, -0.15) is 4.98 Å². The molecule has 3 aromatic rings. The van der Waals surface area contributed by atoms with Gasteiger partial charge in [0.05, 0.1) is 0 Å². The molecule has 0 amide bonds. The van der Waals surface area contributed by atoms with Crippen LogP contribution >= 0.6 is 0 Å². The lowest BCUT2D eigenvalue weighted by atomic mass is 10.1. The molecule has 0 bridgehead atoms. The van der Waals surface area contributed by atoms with Gasteiger partial charge in [-0.15, -0.1) is 0 Å². The molecule has 1 unspecified atom stereocenters. The Kier molecular flexibility index (Phi) is 4.25. The van der Waals surface area contributed by atoms with Crippen molar-refractivity contribution in [1.29, 1.82) is 0 Å². The maximum absolute atomic E-state index is 5.54. The third kappa shape index (κ3) is 2.89. The standard InChI is InChI=1S/C17H18N4O/c1-3-21(2)15(13-7-5-4-6-8-13)17-19-16(20-22-17)14-9-11-18-12-10-14/h4-12,15H,3H2,1-2H3. The minimum Gasteiger partial charge on any atom is -0.337 e. The molecule has 0 N–H and O–H groups in total. The summed E-state index contributed by atoms with van der Waals surface area (Å²) in [6.45, 7) is 2.99. The number of benzene rings is 1. The molecule has 0 spiro atoms. The quantitative estimate of drug-likeness (QED) is 0.723. The SMILES string of the molecule is CCN(C)C(c1ccccc1)c1nc(-c2ccncc2)no1. The predicted molar refractivity (Wildman–Crippen MR) is 84.1 cm³/mol. The maximum Gasteiger partial charge on any atom is 0.248 e. The van der Waals surface area contributed by atoms with Gasteiger partial charge >= 0.3 is 0 Å². The largest absolute Gasteiger partial charge is 0.337 e. The molecular formula is C17H18N4O. The van der Waals surface area contributed by atoms with Crippen LogP contribution in [0.1, 0.15) is 24.4 Å². The van der Waals surface area contributed by atoms with Crippen molar-refractivity contribution in [1.82, 2.24) is 20.0 Å². The number of hydrogen-bond donors (Lipinski definition) is 0. The lowest BCUT2D eigenvalue weighted by Gasteiger charge is -2.23. The topological polar surface area (TPSA) is 55.1 Å². The van der Waals surface area contributed by atoms with Gasteiger partial charge in [0.2, 0.25) is 11.7 Å². The Labute approximate surface area is 129 Å². The van der Waals surface area contributed by atoms with E-state index in [1.54, 1.807) is 12.4 Å². The molecule has 5 nitrogen and oxygen atoms in total. The summed E-state index contributed by atoms with van der Waals surface area (Å²) in [7, 11) is 2.05. The second-order valence-corrected chi connectivity index (χ2v) is 5.08. The van der Waals surface area contributed by atoms with Gasteiger partial charge in [-0.1, -0.05) is 42.4 Å². The number of rotatable bonds is 5. The van der Waals surface area contributed by atoms with Crippen LogP contribution in [-0.2, 0) is 0 Å². The van der Waals surface area contributed by atoms with E-state index in [9.17, 15) is 0 Å². The van der Waals surface area contributed by atoms with Gasteiger partial charge in [-0.3, -0.25) is 9.88 Å². The van der Waals surface area contributed by atoms with Crippen molar-refractivity contribution in [2.75, 3.05) is 13.6 Å². The van der Waals surface area contributed by atoms with Crippen LogP contribution in [0.25, 0.3) is 11.4 Å². The van der Waals surface area contributed by atoms with E-state index in [-0.39, 0.29) is 6.04 Å². The first kappa shape index (κ1) is 14.4. The first-order chi connectivity index (χ1) is 10.8. The molecule has 3 rings (SSSR count). The fourth-order valence-electron chi connectivity index (χ4n) is 2.37. The van der Waals surface area contributed by atoms with Crippen LogP contribution in [0.4, 0.5) is 0 Å². The van der Waals surface area contributed by atoms with Crippen molar-refractivity contribution in [2.45, 2.75) is 13.0 Å². The number of hydrogen-bond acceptors (Lipinski definition) is 5. The van der Waals surface area contributed by atoms with E-state index in [0.29, 0.717) is 11.7 Å². The summed E-state index contributed by atoms with van der Waals surface area (Å²) in [5, 5.41) is 4.11. The Morgan fingerprint density at radius 1 is 1.09 bits per heavy atom. The van der Waals surface area contributed by atoms with Gasteiger partial charge in [0.25, 0.3) is 0 Å². The average Bonchev–Trinajstić information content (AvgIpc) is 3.06. The van der Waals surface area contributed by atoms with Crippen LogP contribution in [-0.4, -0.2) is 33.6 Å². The molecule has 22 heavy (non-hydrogen) atoms. The summed E-state index contributed by atoms with van der Waals surface area (Å²) in [5.41, 5.74) is 2.03. The third-order valence-electron chi connectivity index (χ3n) is 3.67. The summed E-state index contributed by atoms with van der Waals surface area (Å²) >= 11 is 0. The van der Waals surface area contributed by atoms with E-state index in [1.165, 1.54) is 0 Å². The van der Waals surface area contributed by atoms with E-state index in [1.807, 2.05) is 37.4 Å². The highest BCUT2D eigenvalue weighted by molar-refractivity contribution is 5.52. The molecule has 0 radical (unpaired) electrons. The van der Waals surface area contributed by atoms with Crippen LogP contribution in [0.5, 0.6) is 0 Å². The Bertz CT molecular complexity index is 712. The zero-order valence-corrected chi connectivity index (χ0v) is 12.7. The lowest BCUT2D eigenvalue weighted by molar-refractivity contribution is 0.234. The minimum atomic E-state index is -0.0470. The van der Waals surface area contributed by atoms with Crippen molar-refractivity contribution < 1.29 is 4.52 Å². The van der Waals surface area contributed by atoms with Crippen LogP contribution in [0.3, 0.4) is 0 Å². The molecule has 0 saturated carbocycles. The van der Waals surface area contributed by atoms with Gasteiger partial charge in [-0.25, -0.2) is 0 Å². The Morgan fingerprint density at radius 3 is 2.50 bits per heavy atom. The molecule has 2 aromatic heterocycles. The van der Waals surface area contributed by atoms with Crippen LogP contribution in [0.15, 0.2) is 59.4 Å². The third-order valence-corrected chi connectivity index (χ3v) is 3.67. The fourth-order valence-corrected chi connectivity index (χ4v) is 2.37. The molecule has 0 saturated heterocycles. The molecule has 2 heterocycles. The highest BCUT2D eigenvalue weighted by atomic mass is 16.5. The zero-order chi connectivity index (χ0) is 15.4. The fraction of sp³-hybridized carbons (Fsp3) is 0.235. The van der Waals surface area contributed by atoms with Crippen molar-refractivity contribution in [3.8, 4) is 11.4 Å². The van der Waals surface area contributed by atoms with Gasteiger partial charge in [0, 0.05) is 18.0 Å². The zero-order valence-electron chi connectivity index (χ0n) is 12.7. The van der Waals surface area contributed by atoms with Crippen molar-refractivity contribution in [3.05, 3.63) is 66.3 Å². The molecule has 1 aromatic carbocycles. The van der Waals surface area contributed by atoms with Crippen LogP contribution < -0.4 is 0 Å². The van der Waals surface area contributed by atoms with Crippen LogP contribution in [0, 0.1) is 0 Å². The molecule has 112 valence electrons. The minimum absolute atomic E-state index is 0.0470. The van der Waals surface area contributed by atoms with Gasteiger partial charge < -0.3 is 4.52 Å². The lowest BCUT2D eigenvalue weighted by Crippen LogP contribution is -2.25. The first-order valence-electron chi connectivity index (χ1n) is 7.28. The Hall–Kier alpha value is -2.53. The smallest absolute Gasteiger partial charge is 0.248 e. The molecule has 0 aliphatic rings. The maximum atomic E-state index is 5.54.